The van der Waals surface area contributed by atoms with Gasteiger partial charge in [0.25, 0.3) is 5.56 Å². The molecule has 4 rings (SSSR count). The summed E-state index contributed by atoms with van der Waals surface area (Å²) in [5, 5.41) is 3.86. The number of fused-ring (bicyclic) bond motifs is 2. The van der Waals surface area contributed by atoms with Gasteiger partial charge in [0.1, 0.15) is 6.54 Å². The number of halogens is 1. The highest BCUT2D eigenvalue weighted by atomic mass is 35.5. The summed E-state index contributed by atoms with van der Waals surface area (Å²) in [6.07, 6.45) is 6.11. The Morgan fingerprint density at radius 2 is 1.96 bits per heavy atom. The van der Waals surface area contributed by atoms with Gasteiger partial charge in [0.15, 0.2) is 0 Å². The first kappa shape index (κ1) is 18.7. The van der Waals surface area contributed by atoms with E-state index in [1.165, 1.54) is 34.9 Å². The maximum Gasteiger partial charge on any atom is 0.261 e. The van der Waals surface area contributed by atoms with Crippen molar-refractivity contribution >= 4 is 28.4 Å². The summed E-state index contributed by atoms with van der Waals surface area (Å²) in [7, 11) is 0. The molecule has 3 aromatic rings. The summed E-state index contributed by atoms with van der Waals surface area (Å²) in [5.41, 5.74) is 4.18. The minimum atomic E-state index is -0.274. The molecule has 0 aliphatic heterocycles. The van der Waals surface area contributed by atoms with Gasteiger partial charge in [0, 0.05) is 5.02 Å². The smallest absolute Gasteiger partial charge is 0.261 e. The van der Waals surface area contributed by atoms with Gasteiger partial charge >= 0.3 is 0 Å². The van der Waals surface area contributed by atoms with Gasteiger partial charge in [-0.3, -0.25) is 14.2 Å². The Labute approximate surface area is 168 Å². The van der Waals surface area contributed by atoms with Crippen LogP contribution in [0.4, 0.5) is 0 Å². The van der Waals surface area contributed by atoms with E-state index in [9.17, 15) is 9.59 Å². The van der Waals surface area contributed by atoms with Crippen LogP contribution in [0, 0.1) is 0 Å². The van der Waals surface area contributed by atoms with Crippen LogP contribution in [0.5, 0.6) is 0 Å². The molecule has 1 aromatic heterocycles. The fraction of sp³-hybridized carbons (Fsp3) is 0.318. The standard InChI is InChI=1S/C22H22ClN3O2/c1-14(16-7-6-15-4-2-3-5-17(15)10-16)25-21(27)12-26-13-24-20-9-8-18(23)11-19(20)22(26)28/h6-11,13-14H,2-5,12H2,1H3,(H,25,27). The van der Waals surface area contributed by atoms with Crippen LogP contribution >= 0.6 is 11.6 Å². The first-order valence-corrected chi connectivity index (χ1v) is 9.95. The maximum absolute atomic E-state index is 12.6. The van der Waals surface area contributed by atoms with E-state index >= 15 is 0 Å². The van der Waals surface area contributed by atoms with E-state index in [1.807, 2.05) is 6.92 Å². The van der Waals surface area contributed by atoms with E-state index in [-0.39, 0.29) is 24.1 Å². The quantitative estimate of drug-likeness (QED) is 0.730. The molecule has 0 fully saturated rings. The molecular formula is C22H22ClN3O2. The van der Waals surface area contributed by atoms with Gasteiger partial charge in [-0.2, -0.15) is 0 Å². The second-order valence-corrected chi connectivity index (χ2v) is 7.80. The second kappa shape index (κ2) is 7.76. The number of hydrogen-bond donors (Lipinski definition) is 1. The molecule has 1 aliphatic carbocycles. The van der Waals surface area contributed by atoms with Gasteiger partial charge in [-0.05, 0) is 67.5 Å². The molecule has 1 unspecified atom stereocenters. The predicted molar refractivity (Wildman–Crippen MR) is 111 cm³/mol. The van der Waals surface area contributed by atoms with Gasteiger partial charge in [-0.1, -0.05) is 29.8 Å². The fourth-order valence-corrected chi connectivity index (χ4v) is 3.96. The molecule has 28 heavy (non-hydrogen) atoms. The highest BCUT2D eigenvalue weighted by Gasteiger charge is 2.15. The van der Waals surface area contributed by atoms with Crippen LogP contribution < -0.4 is 10.9 Å². The Bertz CT molecular complexity index is 1110. The number of aryl methyl sites for hydroxylation is 2. The van der Waals surface area contributed by atoms with Crippen molar-refractivity contribution in [3.8, 4) is 0 Å². The third kappa shape index (κ3) is 3.80. The number of hydrogen-bond acceptors (Lipinski definition) is 3. The minimum Gasteiger partial charge on any atom is -0.348 e. The number of benzene rings is 2. The van der Waals surface area contributed by atoms with Crippen molar-refractivity contribution < 1.29 is 4.79 Å². The van der Waals surface area contributed by atoms with E-state index in [4.69, 9.17) is 11.6 Å². The third-order valence-corrected chi connectivity index (χ3v) is 5.59. The lowest BCUT2D eigenvalue weighted by atomic mass is 9.89. The summed E-state index contributed by atoms with van der Waals surface area (Å²) in [4.78, 5) is 29.4. The maximum atomic E-state index is 12.6. The SMILES string of the molecule is CC(NC(=O)Cn1cnc2ccc(Cl)cc2c1=O)c1ccc2c(c1)CCCC2. The molecular weight excluding hydrogens is 374 g/mol. The molecule has 0 bridgehead atoms. The normalized spacial score (nSPS) is 14.5. The van der Waals surface area contributed by atoms with E-state index < -0.39 is 0 Å². The lowest BCUT2D eigenvalue weighted by Crippen LogP contribution is -2.34. The molecule has 0 radical (unpaired) electrons. The Hall–Kier alpha value is -2.66. The highest BCUT2D eigenvalue weighted by Crippen LogP contribution is 2.24. The zero-order valence-electron chi connectivity index (χ0n) is 15.7. The van der Waals surface area contributed by atoms with E-state index in [0.717, 1.165) is 18.4 Å². The van der Waals surface area contributed by atoms with Crippen LogP contribution in [-0.2, 0) is 24.2 Å². The highest BCUT2D eigenvalue weighted by molar-refractivity contribution is 6.31. The largest absolute Gasteiger partial charge is 0.348 e. The van der Waals surface area contributed by atoms with Crippen molar-refractivity contribution in [3.63, 3.8) is 0 Å². The minimum absolute atomic E-state index is 0.0798. The Morgan fingerprint density at radius 1 is 1.18 bits per heavy atom. The number of nitrogens with one attached hydrogen (secondary N) is 1. The Morgan fingerprint density at radius 3 is 2.79 bits per heavy atom. The number of amides is 1. The molecule has 1 atom stereocenters. The fourth-order valence-electron chi connectivity index (χ4n) is 3.79. The zero-order chi connectivity index (χ0) is 19.7. The van der Waals surface area contributed by atoms with Crippen molar-refractivity contribution in [2.75, 3.05) is 0 Å². The predicted octanol–water partition coefficient (Wildman–Crippen LogP) is 3.81. The Kier molecular flexibility index (Phi) is 5.18. The molecule has 1 aliphatic rings. The molecule has 0 saturated carbocycles. The van der Waals surface area contributed by atoms with Gasteiger partial charge in [-0.25, -0.2) is 4.98 Å². The van der Waals surface area contributed by atoms with Crippen molar-refractivity contribution in [2.24, 2.45) is 0 Å². The summed E-state index contributed by atoms with van der Waals surface area (Å²) in [6.45, 7) is 1.88. The lowest BCUT2D eigenvalue weighted by Gasteiger charge is -2.20. The van der Waals surface area contributed by atoms with Crippen molar-refractivity contribution in [1.29, 1.82) is 0 Å². The van der Waals surface area contributed by atoms with E-state index in [1.54, 1.807) is 18.2 Å². The number of rotatable bonds is 4. The van der Waals surface area contributed by atoms with Crippen molar-refractivity contribution in [3.05, 3.63) is 74.8 Å². The van der Waals surface area contributed by atoms with Crippen molar-refractivity contribution in [2.45, 2.75) is 45.2 Å². The molecule has 0 saturated heterocycles. The van der Waals surface area contributed by atoms with Gasteiger partial charge < -0.3 is 5.32 Å². The van der Waals surface area contributed by atoms with E-state index in [2.05, 4.69) is 28.5 Å². The molecule has 5 nitrogen and oxygen atoms in total. The van der Waals surface area contributed by atoms with Crippen LogP contribution in [0.25, 0.3) is 10.9 Å². The summed E-state index contributed by atoms with van der Waals surface area (Å²) < 4.78 is 1.31. The molecule has 1 amide bonds. The first-order valence-electron chi connectivity index (χ1n) is 9.57. The number of carbonyl (C=O) groups is 1. The van der Waals surface area contributed by atoms with Crippen LogP contribution in [0.3, 0.4) is 0 Å². The topological polar surface area (TPSA) is 64.0 Å². The van der Waals surface area contributed by atoms with Gasteiger partial charge in [-0.15, -0.1) is 0 Å². The number of aromatic nitrogens is 2. The van der Waals surface area contributed by atoms with Crippen LogP contribution in [0.15, 0.2) is 47.5 Å². The van der Waals surface area contributed by atoms with Gasteiger partial charge in [0.2, 0.25) is 5.91 Å². The number of carbonyl (C=O) groups excluding carboxylic acids is 1. The van der Waals surface area contributed by atoms with Crippen LogP contribution in [0.2, 0.25) is 5.02 Å². The van der Waals surface area contributed by atoms with E-state index in [0.29, 0.717) is 15.9 Å². The molecule has 0 spiro atoms. The lowest BCUT2D eigenvalue weighted by molar-refractivity contribution is -0.122. The molecule has 2 aromatic carbocycles. The van der Waals surface area contributed by atoms with Crippen LogP contribution in [0.1, 0.15) is 42.5 Å². The molecule has 1 N–H and O–H groups in total. The zero-order valence-corrected chi connectivity index (χ0v) is 16.5. The second-order valence-electron chi connectivity index (χ2n) is 7.36. The molecule has 6 heteroatoms. The first-order chi connectivity index (χ1) is 13.5. The molecule has 1 heterocycles. The number of nitrogens with zero attached hydrogens (tertiary/aromatic N) is 2. The Balaban J connectivity index is 1.49. The molecule has 144 valence electrons. The average molecular weight is 396 g/mol. The third-order valence-electron chi connectivity index (χ3n) is 5.35. The van der Waals surface area contributed by atoms with Crippen LogP contribution in [-0.4, -0.2) is 15.5 Å². The van der Waals surface area contributed by atoms with Gasteiger partial charge in [0.05, 0.1) is 23.3 Å². The summed E-state index contributed by atoms with van der Waals surface area (Å²) in [5.74, 6) is -0.226. The van der Waals surface area contributed by atoms with Crippen molar-refractivity contribution in [1.82, 2.24) is 14.9 Å². The monoisotopic (exact) mass is 395 g/mol. The summed E-state index contributed by atoms with van der Waals surface area (Å²) >= 11 is 5.98. The summed E-state index contributed by atoms with van der Waals surface area (Å²) in [6, 6.07) is 11.3. The average Bonchev–Trinajstić information content (AvgIpc) is 2.70.